The highest BCUT2D eigenvalue weighted by atomic mass is 16.2. The third-order valence-corrected chi connectivity index (χ3v) is 4.87. The molecule has 1 aliphatic carbocycles. The molecule has 2 fully saturated rings. The van der Waals surface area contributed by atoms with E-state index in [0.29, 0.717) is 31.8 Å². The quantitative estimate of drug-likeness (QED) is 0.933. The first-order valence-corrected chi connectivity index (χ1v) is 8.35. The Morgan fingerprint density at radius 3 is 2.64 bits per heavy atom. The van der Waals surface area contributed by atoms with E-state index in [9.17, 15) is 9.59 Å². The molecular weight excluding hydrogens is 276 g/mol. The van der Waals surface area contributed by atoms with Gasteiger partial charge in [-0.15, -0.1) is 0 Å². The number of nitrogens with one attached hydrogen (secondary N) is 1. The molecule has 1 heterocycles. The first-order chi connectivity index (χ1) is 10.7. The van der Waals surface area contributed by atoms with Crippen molar-refractivity contribution in [2.75, 3.05) is 13.1 Å². The van der Waals surface area contributed by atoms with Gasteiger partial charge in [-0.05, 0) is 24.3 Å². The van der Waals surface area contributed by atoms with Crippen LogP contribution < -0.4 is 5.32 Å². The topological polar surface area (TPSA) is 49.4 Å². The maximum Gasteiger partial charge on any atom is 0.223 e. The minimum Gasteiger partial charge on any atom is -0.354 e. The largest absolute Gasteiger partial charge is 0.354 e. The Labute approximate surface area is 131 Å². The minimum absolute atomic E-state index is 0.0324. The summed E-state index contributed by atoms with van der Waals surface area (Å²) in [6.07, 6.45) is 5.84. The fraction of sp³-hybridized carbons (Fsp3) is 0.556. The van der Waals surface area contributed by atoms with E-state index in [1.54, 1.807) is 0 Å². The number of hydrogen-bond donors (Lipinski definition) is 1. The summed E-state index contributed by atoms with van der Waals surface area (Å²) < 4.78 is 0. The highest BCUT2D eigenvalue weighted by Gasteiger charge is 2.31. The number of carbonyl (C=O) groups excluding carboxylic acids is 2. The van der Waals surface area contributed by atoms with Crippen molar-refractivity contribution in [3.8, 4) is 0 Å². The predicted molar refractivity (Wildman–Crippen MR) is 85.1 cm³/mol. The first-order valence-electron chi connectivity index (χ1n) is 8.35. The summed E-state index contributed by atoms with van der Waals surface area (Å²) in [4.78, 5) is 26.6. The molecule has 1 unspecified atom stereocenters. The molecule has 1 saturated carbocycles. The zero-order valence-corrected chi connectivity index (χ0v) is 13.0. The molecule has 22 heavy (non-hydrogen) atoms. The number of rotatable bonds is 3. The SMILES string of the molecule is O=C1CC(c2ccccc2)N(C(=O)CC2CCCC2)CCN1. The Hall–Kier alpha value is -1.84. The lowest BCUT2D eigenvalue weighted by Crippen LogP contribution is -2.37. The van der Waals surface area contributed by atoms with Crippen molar-refractivity contribution in [2.24, 2.45) is 5.92 Å². The molecule has 1 atom stereocenters. The van der Waals surface area contributed by atoms with Gasteiger partial charge < -0.3 is 10.2 Å². The van der Waals surface area contributed by atoms with Crippen LogP contribution in [0.2, 0.25) is 0 Å². The van der Waals surface area contributed by atoms with Gasteiger partial charge in [0.05, 0.1) is 12.5 Å². The van der Waals surface area contributed by atoms with Crippen LogP contribution in [0.15, 0.2) is 30.3 Å². The van der Waals surface area contributed by atoms with Gasteiger partial charge in [0.25, 0.3) is 0 Å². The van der Waals surface area contributed by atoms with Crippen LogP contribution in [0.5, 0.6) is 0 Å². The van der Waals surface area contributed by atoms with Crippen LogP contribution in [-0.4, -0.2) is 29.8 Å². The van der Waals surface area contributed by atoms with Crippen LogP contribution >= 0.6 is 0 Å². The lowest BCUT2D eigenvalue weighted by Gasteiger charge is -2.30. The summed E-state index contributed by atoms with van der Waals surface area (Å²) in [6.45, 7) is 1.16. The molecule has 1 saturated heterocycles. The van der Waals surface area contributed by atoms with Crippen molar-refractivity contribution in [1.82, 2.24) is 10.2 Å². The molecule has 0 radical (unpaired) electrons. The van der Waals surface area contributed by atoms with E-state index in [1.807, 2.05) is 35.2 Å². The van der Waals surface area contributed by atoms with E-state index < -0.39 is 0 Å². The van der Waals surface area contributed by atoms with Gasteiger partial charge in [-0.3, -0.25) is 9.59 Å². The highest BCUT2D eigenvalue weighted by molar-refractivity contribution is 5.81. The zero-order valence-electron chi connectivity index (χ0n) is 13.0. The molecule has 0 aromatic heterocycles. The second-order valence-electron chi connectivity index (χ2n) is 6.42. The average Bonchev–Trinajstić information content (AvgIpc) is 2.95. The first kappa shape index (κ1) is 15.1. The van der Waals surface area contributed by atoms with E-state index in [2.05, 4.69) is 5.32 Å². The fourth-order valence-corrected chi connectivity index (χ4v) is 3.68. The molecule has 1 aromatic carbocycles. The molecule has 1 aromatic rings. The molecule has 118 valence electrons. The van der Waals surface area contributed by atoms with Crippen LogP contribution in [-0.2, 0) is 9.59 Å². The van der Waals surface area contributed by atoms with Crippen LogP contribution in [0.1, 0.15) is 50.1 Å². The van der Waals surface area contributed by atoms with Gasteiger partial charge in [0.2, 0.25) is 11.8 Å². The molecule has 4 nitrogen and oxygen atoms in total. The lowest BCUT2D eigenvalue weighted by atomic mass is 9.99. The Kier molecular flexibility index (Phi) is 4.76. The molecule has 0 spiro atoms. The number of benzene rings is 1. The van der Waals surface area contributed by atoms with E-state index in [-0.39, 0.29) is 17.9 Å². The van der Waals surface area contributed by atoms with Crippen molar-refractivity contribution in [3.63, 3.8) is 0 Å². The molecule has 1 aliphatic heterocycles. The van der Waals surface area contributed by atoms with Crippen molar-refractivity contribution in [2.45, 2.75) is 44.6 Å². The Bertz CT molecular complexity index is 523. The smallest absolute Gasteiger partial charge is 0.223 e. The van der Waals surface area contributed by atoms with Crippen LogP contribution in [0.4, 0.5) is 0 Å². The van der Waals surface area contributed by atoms with Gasteiger partial charge >= 0.3 is 0 Å². The lowest BCUT2D eigenvalue weighted by molar-refractivity contribution is -0.134. The number of hydrogen-bond acceptors (Lipinski definition) is 2. The molecule has 0 bridgehead atoms. The molecule has 2 aliphatic rings. The average molecular weight is 300 g/mol. The third-order valence-electron chi connectivity index (χ3n) is 4.87. The van der Waals surface area contributed by atoms with Crippen molar-refractivity contribution in [3.05, 3.63) is 35.9 Å². The fourth-order valence-electron chi connectivity index (χ4n) is 3.68. The number of amides is 2. The van der Waals surface area contributed by atoms with Crippen molar-refractivity contribution < 1.29 is 9.59 Å². The Morgan fingerprint density at radius 2 is 1.91 bits per heavy atom. The van der Waals surface area contributed by atoms with Crippen LogP contribution in [0.3, 0.4) is 0 Å². The van der Waals surface area contributed by atoms with Gasteiger partial charge in [-0.1, -0.05) is 43.2 Å². The van der Waals surface area contributed by atoms with E-state index in [1.165, 1.54) is 25.7 Å². The molecular formula is C18H24N2O2. The summed E-state index contributed by atoms with van der Waals surface area (Å²) >= 11 is 0. The van der Waals surface area contributed by atoms with Crippen molar-refractivity contribution in [1.29, 1.82) is 0 Å². The van der Waals surface area contributed by atoms with E-state index >= 15 is 0 Å². The van der Waals surface area contributed by atoms with Crippen LogP contribution in [0, 0.1) is 5.92 Å². The Morgan fingerprint density at radius 1 is 1.18 bits per heavy atom. The number of carbonyl (C=O) groups is 2. The van der Waals surface area contributed by atoms with Gasteiger partial charge in [0, 0.05) is 19.5 Å². The van der Waals surface area contributed by atoms with Gasteiger partial charge in [-0.25, -0.2) is 0 Å². The predicted octanol–water partition coefficient (Wildman–Crippen LogP) is 2.66. The maximum absolute atomic E-state index is 12.8. The molecule has 1 N–H and O–H groups in total. The summed E-state index contributed by atoms with van der Waals surface area (Å²) in [5, 5.41) is 2.89. The normalized spacial score (nSPS) is 23.2. The molecule has 2 amide bonds. The monoisotopic (exact) mass is 300 g/mol. The van der Waals surface area contributed by atoms with Crippen molar-refractivity contribution >= 4 is 11.8 Å². The second-order valence-corrected chi connectivity index (χ2v) is 6.42. The summed E-state index contributed by atoms with van der Waals surface area (Å²) in [6, 6.07) is 9.80. The second kappa shape index (κ2) is 6.95. The van der Waals surface area contributed by atoms with E-state index in [4.69, 9.17) is 0 Å². The van der Waals surface area contributed by atoms with Crippen LogP contribution in [0.25, 0.3) is 0 Å². The molecule has 3 rings (SSSR count). The van der Waals surface area contributed by atoms with Gasteiger partial charge in [-0.2, -0.15) is 0 Å². The van der Waals surface area contributed by atoms with E-state index in [0.717, 1.165) is 5.56 Å². The third kappa shape index (κ3) is 3.49. The zero-order chi connectivity index (χ0) is 15.4. The highest BCUT2D eigenvalue weighted by Crippen LogP contribution is 2.31. The molecule has 4 heteroatoms. The summed E-state index contributed by atoms with van der Waals surface area (Å²) in [5.74, 6) is 0.776. The minimum atomic E-state index is -0.127. The maximum atomic E-state index is 12.8. The standard InChI is InChI=1S/C18H24N2O2/c21-17-13-16(15-8-2-1-3-9-15)20(11-10-19-17)18(22)12-14-6-4-5-7-14/h1-3,8-9,14,16H,4-7,10-13H2,(H,19,21). The summed E-state index contributed by atoms with van der Waals surface area (Å²) in [7, 11) is 0. The number of nitrogens with zero attached hydrogens (tertiary/aromatic N) is 1. The van der Waals surface area contributed by atoms with Gasteiger partial charge in [0.15, 0.2) is 0 Å². The summed E-state index contributed by atoms with van der Waals surface area (Å²) in [5.41, 5.74) is 1.05. The Balaban J connectivity index is 1.78. The van der Waals surface area contributed by atoms with Gasteiger partial charge in [0.1, 0.15) is 0 Å².